The molecule has 0 aliphatic rings. The molecule has 3 aromatic rings. The zero-order chi connectivity index (χ0) is 20.1. The fourth-order valence-corrected chi connectivity index (χ4v) is 3.34. The van der Waals surface area contributed by atoms with Crippen molar-refractivity contribution in [2.45, 2.75) is 0 Å². The fraction of sp³-hybridized carbons (Fsp3) is 0.100. The first kappa shape index (κ1) is 20.3. The van der Waals surface area contributed by atoms with Gasteiger partial charge in [-0.05, 0) is 35.0 Å². The summed E-state index contributed by atoms with van der Waals surface area (Å²) >= 11 is 17.8. The average Bonchev–Trinajstić information content (AvgIpc) is 2.67. The number of anilines is 1. The van der Waals surface area contributed by atoms with Crippen LogP contribution in [0.4, 0.5) is 5.69 Å². The lowest BCUT2D eigenvalue weighted by molar-refractivity contribution is -0.149. The maximum Gasteiger partial charge on any atom is 0.344 e. The Morgan fingerprint density at radius 1 is 0.857 bits per heavy atom. The molecule has 0 atom stereocenters. The van der Waals surface area contributed by atoms with Crippen LogP contribution in [0.2, 0.25) is 15.1 Å². The minimum atomic E-state index is -0.684. The molecule has 5 nitrogen and oxygen atoms in total. The number of fused-ring (bicyclic) bond motifs is 1. The largest absolute Gasteiger partial charge is 0.482 e. The summed E-state index contributed by atoms with van der Waals surface area (Å²) < 4.78 is 10.3. The summed E-state index contributed by atoms with van der Waals surface area (Å²) in [5.41, 5.74) is 0.196. The van der Waals surface area contributed by atoms with Gasteiger partial charge in [0.05, 0.1) is 15.7 Å². The summed E-state index contributed by atoms with van der Waals surface area (Å²) in [5, 5.41) is 5.22. The van der Waals surface area contributed by atoms with Crippen LogP contribution in [0.25, 0.3) is 10.8 Å². The Kier molecular flexibility index (Phi) is 6.62. The molecule has 28 heavy (non-hydrogen) atoms. The van der Waals surface area contributed by atoms with Crippen molar-refractivity contribution in [2.75, 3.05) is 18.5 Å². The van der Waals surface area contributed by atoms with E-state index < -0.39 is 18.5 Å². The van der Waals surface area contributed by atoms with E-state index in [1.54, 1.807) is 6.07 Å². The van der Waals surface area contributed by atoms with Gasteiger partial charge in [-0.1, -0.05) is 65.1 Å². The summed E-state index contributed by atoms with van der Waals surface area (Å²) in [6.07, 6.45) is 0. The molecule has 0 aromatic heterocycles. The van der Waals surface area contributed by atoms with Gasteiger partial charge in [0.2, 0.25) is 0 Å². The number of hydrogen-bond donors (Lipinski definition) is 1. The summed E-state index contributed by atoms with van der Waals surface area (Å²) in [4.78, 5) is 23.8. The van der Waals surface area contributed by atoms with E-state index in [0.717, 1.165) is 10.8 Å². The molecule has 3 aromatic carbocycles. The van der Waals surface area contributed by atoms with E-state index in [9.17, 15) is 9.59 Å². The van der Waals surface area contributed by atoms with Gasteiger partial charge in [-0.3, -0.25) is 4.79 Å². The molecule has 3 rings (SSSR count). The van der Waals surface area contributed by atoms with Gasteiger partial charge in [-0.25, -0.2) is 4.79 Å². The van der Waals surface area contributed by atoms with Crippen LogP contribution in [0.3, 0.4) is 0 Å². The van der Waals surface area contributed by atoms with Gasteiger partial charge in [-0.2, -0.15) is 0 Å². The molecule has 0 saturated heterocycles. The predicted octanol–water partition coefficient (Wildman–Crippen LogP) is 5.36. The highest BCUT2D eigenvalue weighted by molar-refractivity contribution is 6.42. The lowest BCUT2D eigenvalue weighted by Gasteiger charge is -2.11. The Balaban J connectivity index is 1.49. The molecule has 0 unspecified atom stereocenters. The first-order valence-electron chi connectivity index (χ1n) is 8.14. The maximum absolute atomic E-state index is 11.9. The zero-order valence-corrected chi connectivity index (χ0v) is 16.6. The van der Waals surface area contributed by atoms with Crippen LogP contribution < -0.4 is 10.1 Å². The highest BCUT2D eigenvalue weighted by Crippen LogP contribution is 2.33. The molecule has 0 aliphatic carbocycles. The molecule has 1 amide bonds. The van der Waals surface area contributed by atoms with Crippen molar-refractivity contribution in [3.05, 3.63) is 69.7 Å². The van der Waals surface area contributed by atoms with Gasteiger partial charge in [0.15, 0.2) is 13.2 Å². The van der Waals surface area contributed by atoms with Crippen molar-refractivity contribution in [3.8, 4) is 5.75 Å². The number of carbonyl (C=O) groups is 2. The molecule has 0 bridgehead atoms. The van der Waals surface area contributed by atoms with Gasteiger partial charge in [0.1, 0.15) is 5.75 Å². The predicted molar refractivity (Wildman–Crippen MR) is 111 cm³/mol. The molecule has 8 heteroatoms. The van der Waals surface area contributed by atoms with E-state index >= 15 is 0 Å². The average molecular weight is 439 g/mol. The van der Waals surface area contributed by atoms with Crippen molar-refractivity contribution >= 4 is 63.1 Å². The Morgan fingerprint density at radius 3 is 2.25 bits per heavy atom. The molecule has 144 valence electrons. The van der Waals surface area contributed by atoms with Crippen molar-refractivity contribution in [1.29, 1.82) is 0 Å². The quantitative estimate of drug-likeness (QED) is 0.526. The number of rotatable bonds is 6. The number of amides is 1. The smallest absolute Gasteiger partial charge is 0.344 e. The second-order valence-electron chi connectivity index (χ2n) is 5.75. The first-order chi connectivity index (χ1) is 13.4. The normalized spacial score (nSPS) is 10.5. The van der Waals surface area contributed by atoms with Crippen LogP contribution in [-0.2, 0) is 14.3 Å². The van der Waals surface area contributed by atoms with Gasteiger partial charge in [-0.15, -0.1) is 0 Å². The maximum atomic E-state index is 11.9. The number of esters is 1. The number of halogens is 3. The van der Waals surface area contributed by atoms with Crippen LogP contribution in [0.5, 0.6) is 5.75 Å². The summed E-state index contributed by atoms with van der Waals surface area (Å²) in [6, 6.07) is 16.1. The molecular formula is C20H14Cl3NO4. The summed E-state index contributed by atoms with van der Waals surface area (Å²) in [7, 11) is 0. The fourth-order valence-electron chi connectivity index (χ4n) is 2.42. The van der Waals surface area contributed by atoms with Crippen LogP contribution in [0, 0.1) is 0 Å². The number of hydrogen-bond acceptors (Lipinski definition) is 4. The van der Waals surface area contributed by atoms with Crippen LogP contribution >= 0.6 is 34.8 Å². The third kappa shape index (κ3) is 5.29. The zero-order valence-electron chi connectivity index (χ0n) is 14.4. The SMILES string of the molecule is O=C(COC(=O)COc1ccc2ccccc2c1)Nc1c(Cl)cc(Cl)cc1Cl. The topological polar surface area (TPSA) is 64.6 Å². The minimum Gasteiger partial charge on any atom is -0.482 e. The number of ether oxygens (including phenoxy) is 2. The summed E-state index contributed by atoms with van der Waals surface area (Å²) in [5.74, 6) is -0.749. The van der Waals surface area contributed by atoms with E-state index in [0.29, 0.717) is 10.8 Å². The highest BCUT2D eigenvalue weighted by Gasteiger charge is 2.13. The van der Waals surface area contributed by atoms with E-state index in [1.807, 2.05) is 36.4 Å². The molecular weight excluding hydrogens is 425 g/mol. The van der Waals surface area contributed by atoms with Gasteiger partial charge in [0, 0.05) is 5.02 Å². The Hall–Kier alpha value is -2.47. The van der Waals surface area contributed by atoms with Crippen molar-refractivity contribution in [1.82, 2.24) is 0 Å². The van der Waals surface area contributed by atoms with E-state index in [4.69, 9.17) is 44.3 Å². The summed E-state index contributed by atoms with van der Waals surface area (Å²) in [6.45, 7) is -0.830. The van der Waals surface area contributed by atoms with Crippen LogP contribution in [0.15, 0.2) is 54.6 Å². The van der Waals surface area contributed by atoms with E-state index in [1.165, 1.54) is 12.1 Å². The molecule has 0 radical (unpaired) electrons. The van der Waals surface area contributed by atoms with Crippen molar-refractivity contribution < 1.29 is 19.1 Å². The number of nitrogens with one attached hydrogen (secondary N) is 1. The van der Waals surface area contributed by atoms with Gasteiger partial charge in [0.25, 0.3) is 5.91 Å². The molecule has 0 saturated carbocycles. The second-order valence-corrected chi connectivity index (χ2v) is 7.00. The molecule has 0 fully saturated rings. The lowest BCUT2D eigenvalue weighted by Crippen LogP contribution is -2.24. The van der Waals surface area contributed by atoms with E-state index in [2.05, 4.69) is 5.32 Å². The van der Waals surface area contributed by atoms with E-state index in [-0.39, 0.29) is 22.3 Å². The third-order valence-corrected chi connectivity index (χ3v) is 4.53. The Bertz CT molecular complexity index is 1020. The van der Waals surface area contributed by atoms with Crippen LogP contribution in [0.1, 0.15) is 0 Å². The molecule has 0 aliphatic heterocycles. The van der Waals surface area contributed by atoms with Crippen molar-refractivity contribution in [2.24, 2.45) is 0 Å². The van der Waals surface area contributed by atoms with Gasteiger partial charge < -0.3 is 14.8 Å². The van der Waals surface area contributed by atoms with Crippen LogP contribution in [-0.4, -0.2) is 25.1 Å². The lowest BCUT2D eigenvalue weighted by atomic mass is 10.1. The highest BCUT2D eigenvalue weighted by atomic mass is 35.5. The second kappa shape index (κ2) is 9.15. The third-order valence-electron chi connectivity index (χ3n) is 3.71. The number of benzene rings is 3. The number of carbonyl (C=O) groups excluding carboxylic acids is 2. The first-order valence-corrected chi connectivity index (χ1v) is 9.27. The monoisotopic (exact) mass is 437 g/mol. The molecule has 1 N–H and O–H groups in total. The van der Waals surface area contributed by atoms with Crippen molar-refractivity contribution in [3.63, 3.8) is 0 Å². The Morgan fingerprint density at radius 2 is 1.54 bits per heavy atom. The van der Waals surface area contributed by atoms with Gasteiger partial charge >= 0.3 is 5.97 Å². The molecule has 0 heterocycles. The minimum absolute atomic E-state index is 0.178. The molecule has 0 spiro atoms. The standard InChI is InChI=1S/C20H14Cl3NO4/c21-14-8-16(22)20(17(23)9-14)24-18(25)10-28-19(26)11-27-15-6-5-12-3-1-2-4-13(12)7-15/h1-9H,10-11H2,(H,24,25). The Labute approximate surface area is 176 Å².